The fraction of sp³-hybridized carbons (Fsp3) is 0.864. The summed E-state index contributed by atoms with van der Waals surface area (Å²) >= 11 is 3.62. The molecule has 3 aliphatic heterocycles. The first-order valence-corrected chi connectivity index (χ1v) is 12.4. The van der Waals surface area contributed by atoms with Crippen LogP contribution in [0, 0.1) is 17.8 Å². The predicted molar refractivity (Wildman–Crippen MR) is 117 cm³/mol. The molecule has 0 saturated carbocycles. The first kappa shape index (κ1) is 24.5. The number of carbonyl (C=O) groups is 3. The number of unbranched alkanes of at least 4 members (excludes halogenated alkanes) is 2. The van der Waals surface area contributed by atoms with Crippen LogP contribution in [0.25, 0.3) is 0 Å². The van der Waals surface area contributed by atoms with Crippen LogP contribution in [0.3, 0.4) is 0 Å². The summed E-state index contributed by atoms with van der Waals surface area (Å²) < 4.78 is 11.6. The molecule has 2 bridgehead atoms. The zero-order chi connectivity index (χ0) is 22.9. The van der Waals surface area contributed by atoms with E-state index in [9.17, 15) is 19.5 Å². The van der Waals surface area contributed by atoms with Crippen molar-refractivity contribution in [3.05, 3.63) is 0 Å². The third-order valence-electron chi connectivity index (χ3n) is 6.93. The van der Waals surface area contributed by atoms with E-state index in [1.165, 1.54) is 4.90 Å². The van der Waals surface area contributed by atoms with Crippen molar-refractivity contribution in [2.45, 2.75) is 82.0 Å². The van der Waals surface area contributed by atoms with Crippen LogP contribution in [0.1, 0.15) is 53.4 Å². The molecule has 1 spiro atoms. The van der Waals surface area contributed by atoms with Gasteiger partial charge in [0.25, 0.3) is 0 Å². The number of aliphatic hydroxyl groups is 1. The average Bonchev–Trinajstić information content (AvgIpc) is 3.30. The summed E-state index contributed by atoms with van der Waals surface area (Å²) in [5, 5.41) is 13.1. The number of ether oxygens (including phenoxy) is 2. The minimum absolute atomic E-state index is 0.0717. The number of nitrogens with zero attached hydrogens (tertiary/aromatic N) is 1. The van der Waals surface area contributed by atoms with E-state index in [-0.39, 0.29) is 35.8 Å². The van der Waals surface area contributed by atoms with Gasteiger partial charge in [-0.3, -0.25) is 14.4 Å². The van der Waals surface area contributed by atoms with Gasteiger partial charge >= 0.3 is 5.97 Å². The summed E-state index contributed by atoms with van der Waals surface area (Å²) in [7, 11) is 0. The molecule has 176 valence electrons. The first-order valence-electron chi connectivity index (χ1n) is 11.4. The van der Waals surface area contributed by atoms with Crippen molar-refractivity contribution in [1.29, 1.82) is 0 Å². The molecule has 7 atom stereocenters. The summed E-state index contributed by atoms with van der Waals surface area (Å²) in [6, 6.07) is -1.44. The lowest BCUT2D eigenvalue weighted by molar-refractivity contribution is -0.155. The molecule has 3 unspecified atom stereocenters. The second-order valence-corrected chi connectivity index (χ2v) is 10.3. The molecule has 0 aliphatic carbocycles. The van der Waals surface area contributed by atoms with Gasteiger partial charge in [-0.25, -0.2) is 0 Å². The Morgan fingerprint density at radius 2 is 2.06 bits per heavy atom. The number of halogens is 1. The van der Waals surface area contributed by atoms with Gasteiger partial charge < -0.3 is 24.8 Å². The Bertz CT molecular complexity index is 703. The largest absolute Gasteiger partial charge is 0.466 e. The fourth-order valence-electron chi connectivity index (χ4n) is 5.54. The lowest BCUT2D eigenvalue weighted by Gasteiger charge is -2.38. The number of esters is 1. The predicted octanol–water partition coefficient (Wildman–Crippen LogP) is 1.62. The zero-order valence-electron chi connectivity index (χ0n) is 18.8. The van der Waals surface area contributed by atoms with Gasteiger partial charge in [-0.2, -0.15) is 0 Å². The number of alkyl halides is 1. The van der Waals surface area contributed by atoms with Gasteiger partial charge in [0.15, 0.2) is 0 Å². The van der Waals surface area contributed by atoms with E-state index in [4.69, 9.17) is 9.47 Å². The average molecular weight is 503 g/mol. The standard InChI is InChI=1S/C22H35BrN2O6/c1-5-7-8-9-24-19(27)18-22-10-13(23)17(31-22)15(21(29)30-6-2)16(22)20(28)25(18)14(11-26)12(3)4/h12-18,26H,5-11H2,1-4H3,(H,24,27)/t13?,14-,15+,16-,17+,18?,22?/m0/s1. The van der Waals surface area contributed by atoms with E-state index in [1.807, 2.05) is 13.8 Å². The Balaban J connectivity index is 2.00. The minimum Gasteiger partial charge on any atom is -0.466 e. The third-order valence-corrected chi connectivity index (χ3v) is 7.77. The monoisotopic (exact) mass is 502 g/mol. The van der Waals surface area contributed by atoms with E-state index >= 15 is 0 Å². The van der Waals surface area contributed by atoms with Gasteiger partial charge in [-0.1, -0.05) is 49.5 Å². The Hall–Kier alpha value is -1.19. The van der Waals surface area contributed by atoms with Crippen LogP contribution >= 0.6 is 15.9 Å². The van der Waals surface area contributed by atoms with E-state index < -0.39 is 41.6 Å². The van der Waals surface area contributed by atoms with E-state index in [2.05, 4.69) is 28.2 Å². The molecule has 0 aromatic rings. The van der Waals surface area contributed by atoms with Crippen LogP contribution in [0.5, 0.6) is 0 Å². The van der Waals surface area contributed by atoms with Gasteiger partial charge in [0.2, 0.25) is 11.8 Å². The SMILES string of the molecule is CCCCCNC(=O)C1N([C@@H](CO)C(C)C)C(=O)[C@@H]2[C@@H](C(=O)OCC)[C@@H]3OC12CC3Br. The van der Waals surface area contributed by atoms with Gasteiger partial charge in [-0.15, -0.1) is 0 Å². The Kier molecular flexibility index (Phi) is 7.69. The number of aliphatic hydroxyl groups excluding tert-OH is 1. The zero-order valence-corrected chi connectivity index (χ0v) is 20.4. The highest BCUT2D eigenvalue weighted by Gasteiger charge is 2.77. The van der Waals surface area contributed by atoms with Crippen LogP contribution < -0.4 is 5.32 Å². The molecule has 3 fully saturated rings. The molecular weight excluding hydrogens is 468 g/mol. The lowest BCUT2D eigenvalue weighted by atomic mass is 9.70. The van der Waals surface area contributed by atoms with Crippen molar-refractivity contribution in [3.63, 3.8) is 0 Å². The van der Waals surface area contributed by atoms with Crippen molar-refractivity contribution >= 4 is 33.7 Å². The van der Waals surface area contributed by atoms with Crippen LogP contribution in [-0.2, 0) is 23.9 Å². The topological polar surface area (TPSA) is 105 Å². The third kappa shape index (κ3) is 4.02. The Labute approximate surface area is 192 Å². The Morgan fingerprint density at radius 1 is 1.35 bits per heavy atom. The summed E-state index contributed by atoms with van der Waals surface area (Å²) in [6.07, 6.45) is 2.82. The summed E-state index contributed by atoms with van der Waals surface area (Å²) in [4.78, 5) is 41.3. The fourth-order valence-corrected chi connectivity index (χ4v) is 6.48. The molecule has 3 rings (SSSR count). The number of rotatable bonds is 10. The molecular formula is C22H35BrN2O6. The molecule has 0 aromatic heterocycles. The van der Waals surface area contributed by atoms with Crippen LogP contribution in [-0.4, -0.2) is 76.2 Å². The molecule has 0 radical (unpaired) electrons. The number of fused-ring (bicyclic) bond motifs is 1. The lowest BCUT2D eigenvalue weighted by Crippen LogP contribution is -2.59. The number of likely N-dealkylation sites (tertiary alicyclic amines) is 1. The van der Waals surface area contributed by atoms with Gasteiger partial charge in [0.1, 0.15) is 11.6 Å². The maximum absolute atomic E-state index is 13.7. The smallest absolute Gasteiger partial charge is 0.312 e. The molecule has 2 N–H and O–H groups in total. The quantitative estimate of drug-likeness (QED) is 0.267. The summed E-state index contributed by atoms with van der Waals surface area (Å²) in [6.45, 7) is 8.09. The van der Waals surface area contributed by atoms with Crippen molar-refractivity contribution in [1.82, 2.24) is 10.2 Å². The highest BCUT2D eigenvalue weighted by Crippen LogP contribution is 2.60. The van der Waals surface area contributed by atoms with Crippen LogP contribution in [0.15, 0.2) is 0 Å². The molecule has 9 heteroatoms. The number of hydrogen-bond acceptors (Lipinski definition) is 6. The second kappa shape index (κ2) is 9.75. The molecule has 2 amide bonds. The van der Waals surface area contributed by atoms with Gasteiger partial charge in [-0.05, 0) is 25.7 Å². The number of carbonyl (C=O) groups excluding carboxylic acids is 3. The van der Waals surface area contributed by atoms with Crippen molar-refractivity contribution in [3.8, 4) is 0 Å². The Morgan fingerprint density at radius 3 is 2.65 bits per heavy atom. The number of amides is 2. The van der Waals surface area contributed by atoms with Crippen molar-refractivity contribution < 1.29 is 29.0 Å². The van der Waals surface area contributed by atoms with E-state index in [0.29, 0.717) is 13.0 Å². The van der Waals surface area contributed by atoms with Crippen molar-refractivity contribution in [2.24, 2.45) is 17.8 Å². The van der Waals surface area contributed by atoms with Gasteiger partial charge in [0, 0.05) is 11.4 Å². The molecule has 3 heterocycles. The summed E-state index contributed by atoms with van der Waals surface area (Å²) in [5.41, 5.74) is -1.11. The number of nitrogens with one attached hydrogen (secondary N) is 1. The molecule has 0 aromatic carbocycles. The van der Waals surface area contributed by atoms with Crippen LogP contribution in [0.2, 0.25) is 0 Å². The van der Waals surface area contributed by atoms with E-state index in [1.54, 1.807) is 6.92 Å². The normalized spacial score (nSPS) is 34.9. The van der Waals surface area contributed by atoms with E-state index in [0.717, 1.165) is 19.3 Å². The van der Waals surface area contributed by atoms with Crippen molar-refractivity contribution in [2.75, 3.05) is 19.8 Å². The van der Waals surface area contributed by atoms with Gasteiger partial charge in [0.05, 0.1) is 37.2 Å². The molecule has 31 heavy (non-hydrogen) atoms. The summed E-state index contributed by atoms with van der Waals surface area (Å²) in [5.74, 6) is -2.68. The number of hydrogen-bond donors (Lipinski definition) is 2. The first-order chi connectivity index (χ1) is 14.7. The second-order valence-electron chi connectivity index (χ2n) is 9.15. The highest BCUT2D eigenvalue weighted by molar-refractivity contribution is 9.09. The molecule has 8 nitrogen and oxygen atoms in total. The highest BCUT2D eigenvalue weighted by atomic mass is 79.9. The maximum atomic E-state index is 13.7. The molecule has 3 saturated heterocycles. The maximum Gasteiger partial charge on any atom is 0.312 e. The minimum atomic E-state index is -1.11. The van der Waals surface area contributed by atoms with Crippen LogP contribution in [0.4, 0.5) is 0 Å². The molecule has 3 aliphatic rings.